The van der Waals surface area contributed by atoms with Crippen LogP contribution in [-0.2, 0) is 4.79 Å². The number of nitrogens with one attached hydrogen (secondary N) is 1. The minimum atomic E-state index is -0.0194. The second kappa shape index (κ2) is 9.57. The van der Waals surface area contributed by atoms with Crippen molar-refractivity contribution in [3.8, 4) is 11.5 Å². The van der Waals surface area contributed by atoms with Crippen LogP contribution in [0.25, 0.3) is 11.5 Å². The van der Waals surface area contributed by atoms with Crippen molar-refractivity contribution >= 4 is 29.3 Å². The zero-order chi connectivity index (χ0) is 16.5. The van der Waals surface area contributed by atoms with Crippen LogP contribution >= 0.6 is 23.4 Å². The molecule has 0 aliphatic heterocycles. The summed E-state index contributed by atoms with van der Waals surface area (Å²) >= 11 is 7.17. The Morgan fingerprint density at radius 1 is 1.30 bits per heavy atom. The average molecular weight is 354 g/mol. The second-order valence-corrected chi connectivity index (χ2v) is 6.45. The van der Waals surface area contributed by atoms with Gasteiger partial charge in [0, 0.05) is 17.1 Å². The smallest absolute Gasteiger partial charge is 0.277 e. The van der Waals surface area contributed by atoms with Gasteiger partial charge in [0.1, 0.15) is 0 Å². The molecule has 1 aromatic carbocycles. The Hall–Kier alpha value is -1.53. The summed E-state index contributed by atoms with van der Waals surface area (Å²) in [5.74, 6) is 0.647. The van der Waals surface area contributed by atoms with Crippen molar-refractivity contribution in [1.82, 2.24) is 15.5 Å². The van der Waals surface area contributed by atoms with Gasteiger partial charge in [0.05, 0.1) is 5.75 Å². The summed E-state index contributed by atoms with van der Waals surface area (Å²) in [6.07, 6.45) is 4.56. The Morgan fingerprint density at radius 3 is 2.96 bits per heavy atom. The SMILES string of the molecule is CCCCCCNC(=O)CSc1nnc(-c2cccc(Cl)c2)o1. The summed E-state index contributed by atoms with van der Waals surface area (Å²) in [6, 6.07) is 7.20. The first-order valence-corrected chi connectivity index (χ1v) is 9.04. The molecule has 5 nitrogen and oxygen atoms in total. The van der Waals surface area contributed by atoms with Crippen LogP contribution in [0.5, 0.6) is 0 Å². The van der Waals surface area contributed by atoms with Crippen LogP contribution in [0.2, 0.25) is 5.02 Å². The molecule has 0 bridgehead atoms. The normalized spacial score (nSPS) is 10.7. The molecule has 0 fully saturated rings. The topological polar surface area (TPSA) is 68.0 Å². The Kier molecular flexibility index (Phi) is 7.42. The van der Waals surface area contributed by atoms with Crippen molar-refractivity contribution in [2.45, 2.75) is 37.8 Å². The average Bonchev–Trinajstić information content (AvgIpc) is 3.02. The number of carbonyl (C=O) groups is 1. The monoisotopic (exact) mass is 353 g/mol. The molecule has 23 heavy (non-hydrogen) atoms. The van der Waals surface area contributed by atoms with Crippen LogP contribution in [0.1, 0.15) is 32.6 Å². The van der Waals surface area contributed by atoms with Gasteiger partial charge in [-0.25, -0.2) is 0 Å². The predicted molar refractivity (Wildman–Crippen MR) is 92.6 cm³/mol. The largest absolute Gasteiger partial charge is 0.411 e. The molecule has 0 atom stereocenters. The first kappa shape index (κ1) is 17.8. The van der Waals surface area contributed by atoms with E-state index in [1.54, 1.807) is 12.1 Å². The number of benzene rings is 1. The van der Waals surface area contributed by atoms with Crippen LogP contribution in [0.3, 0.4) is 0 Å². The van der Waals surface area contributed by atoms with E-state index in [2.05, 4.69) is 22.4 Å². The molecular formula is C16H20ClN3O2S. The van der Waals surface area contributed by atoms with E-state index in [4.69, 9.17) is 16.0 Å². The van der Waals surface area contributed by atoms with E-state index in [0.717, 1.165) is 24.9 Å². The van der Waals surface area contributed by atoms with Crippen molar-refractivity contribution in [2.75, 3.05) is 12.3 Å². The highest BCUT2D eigenvalue weighted by Crippen LogP contribution is 2.24. The van der Waals surface area contributed by atoms with Crippen LogP contribution in [-0.4, -0.2) is 28.4 Å². The number of hydrogen-bond acceptors (Lipinski definition) is 5. The third-order valence-corrected chi connectivity index (χ3v) is 4.21. The summed E-state index contributed by atoms with van der Waals surface area (Å²) in [4.78, 5) is 11.7. The van der Waals surface area contributed by atoms with E-state index < -0.39 is 0 Å². The molecule has 7 heteroatoms. The lowest BCUT2D eigenvalue weighted by molar-refractivity contribution is -0.118. The van der Waals surface area contributed by atoms with Gasteiger partial charge in [0.25, 0.3) is 5.22 Å². The number of rotatable bonds is 9. The maximum absolute atomic E-state index is 11.7. The molecule has 0 saturated heterocycles. The fourth-order valence-corrected chi connectivity index (χ4v) is 2.75. The standard InChI is InChI=1S/C16H20ClN3O2S/c1-2-3-4-5-9-18-14(21)11-23-16-20-19-15(22-16)12-7-6-8-13(17)10-12/h6-8,10H,2-5,9,11H2,1H3,(H,18,21). The highest BCUT2D eigenvalue weighted by Gasteiger charge is 2.11. The Balaban J connectivity index is 1.75. The van der Waals surface area contributed by atoms with Crippen LogP contribution in [0.4, 0.5) is 0 Å². The number of nitrogens with zero attached hydrogens (tertiary/aromatic N) is 2. The van der Waals surface area contributed by atoms with E-state index in [0.29, 0.717) is 16.1 Å². The first-order chi connectivity index (χ1) is 11.2. The number of thioether (sulfide) groups is 1. The van der Waals surface area contributed by atoms with Crippen molar-refractivity contribution in [3.05, 3.63) is 29.3 Å². The van der Waals surface area contributed by atoms with Gasteiger partial charge >= 0.3 is 0 Å². The van der Waals surface area contributed by atoms with Gasteiger partial charge in [0.15, 0.2) is 0 Å². The zero-order valence-electron chi connectivity index (χ0n) is 13.0. The molecule has 2 aromatic rings. The van der Waals surface area contributed by atoms with E-state index >= 15 is 0 Å². The summed E-state index contributed by atoms with van der Waals surface area (Å²) in [7, 11) is 0. The number of hydrogen-bond donors (Lipinski definition) is 1. The lowest BCUT2D eigenvalue weighted by Crippen LogP contribution is -2.26. The van der Waals surface area contributed by atoms with Crippen molar-refractivity contribution < 1.29 is 9.21 Å². The van der Waals surface area contributed by atoms with Gasteiger partial charge in [-0.15, -0.1) is 10.2 Å². The molecule has 0 spiro atoms. The zero-order valence-corrected chi connectivity index (χ0v) is 14.6. The fourth-order valence-electron chi connectivity index (χ4n) is 1.96. The Labute approximate surface area is 145 Å². The molecule has 1 amide bonds. The van der Waals surface area contributed by atoms with Crippen molar-refractivity contribution in [1.29, 1.82) is 0 Å². The van der Waals surface area contributed by atoms with Gasteiger partial charge in [-0.2, -0.15) is 0 Å². The molecule has 0 saturated carbocycles. The number of unbranched alkanes of at least 4 members (excludes halogenated alkanes) is 3. The molecule has 0 radical (unpaired) electrons. The minimum Gasteiger partial charge on any atom is -0.411 e. The number of amides is 1. The summed E-state index contributed by atoms with van der Waals surface area (Å²) in [6.45, 7) is 2.88. The third kappa shape index (κ3) is 6.23. The van der Waals surface area contributed by atoms with E-state index in [1.807, 2.05) is 12.1 Å². The fraction of sp³-hybridized carbons (Fsp3) is 0.438. The number of carbonyl (C=O) groups excluding carboxylic acids is 1. The minimum absolute atomic E-state index is 0.0194. The van der Waals surface area contributed by atoms with E-state index in [1.165, 1.54) is 24.6 Å². The lowest BCUT2D eigenvalue weighted by Gasteiger charge is -2.03. The van der Waals surface area contributed by atoms with Crippen molar-refractivity contribution in [2.24, 2.45) is 0 Å². The number of aromatic nitrogens is 2. The van der Waals surface area contributed by atoms with E-state index in [-0.39, 0.29) is 11.7 Å². The quantitative estimate of drug-likeness (QED) is 0.541. The molecule has 1 heterocycles. The van der Waals surface area contributed by atoms with Gasteiger partial charge in [0.2, 0.25) is 11.8 Å². The summed E-state index contributed by atoms with van der Waals surface area (Å²) in [5, 5.41) is 11.8. The lowest BCUT2D eigenvalue weighted by atomic mass is 10.2. The molecule has 0 aliphatic carbocycles. The molecule has 0 aliphatic rings. The van der Waals surface area contributed by atoms with E-state index in [9.17, 15) is 4.79 Å². The van der Waals surface area contributed by atoms with Crippen molar-refractivity contribution in [3.63, 3.8) is 0 Å². The highest BCUT2D eigenvalue weighted by atomic mass is 35.5. The molecule has 2 rings (SSSR count). The third-order valence-electron chi connectivity index (χ3n) is 3.16. The number of halogens is 1. The predicted octanol–water partition coefficient (Wildman–Crippen LogP) is 4.18. The second-order valence-electron chi connectivity index (χ2n) is 5.08. The maximum atomic E-state index is 11.7. The van der Waals surface area contributed by atoms with Gasteiger partial charge in [-0.1, -0.05) is 55.6 Å². The Morgan fingerprint density at radius 2 is 2.17 bits per heavy atom. The van der Waals surface area contributed by atoms with Crippen LogP contribution < -0.4 is 5.32 Å². The van der Waals surface area contributed by atoms with Gasteiger partial charge in [-0.3, -0.25) is 4.79 Å². The molecule has 1 aromatic heterocycles. The van der Waals surface area contributed by atoms with Crippen LogP contribution in [0, 0.1) is 0 Å². The molecule has 124 valence electrons. The summed E-state index contributed by atoms with van der Waals surface area (Å²) in [5.41, 5.74) is 0.761. The molecule has 0 unspecified atom stereocenters. The maximum Gasteiger partial charge on any atom is 0.277 e. The van der Waals surface area contributed by atoms with Crippen LogP contribution in [0.15, 0.2) is 33.9 Å². The molecule has 1 N–H and O–H groups in total. The highest BCUT2D eigenvalue weighted by molar-refractivity contribution is 7.99. The Bertz CT molecular complexity index is 633. The van der Waals surface area contributed by atoms with Gasteiger partial charge in [-0.05, 0) is 24.6 Å². The van der Waals surface area contributed by atoms with Gasteiger partial charge < -0.3 is 9.73 Å². The first-order valence-electron chi connectivity index (χ1n) is 7.68. The molecular weight excluding hydrogens is 334 g/mol. The summed E-state index contributed by atoms with van der Waals surface area (Å²) < 4.78 is 5.53.